The van der Waals surface area contributed by atoms with Crippen molar-refractivity contribution in [1.29, 1.82) is 0 Å². The molecule has 0 saturated heterocycles. The van der Waals surface area contributed by atoms with E-state index >= 15 is 0 Å². The van der Waals surface area contributed by atoms with E-state index in [1.165, 1.54) is 46.6 Å². The molecule has 2 fully saturated rings. The molecule has 1 aromatic rings. The van der Waals surface area contributed by atoms with Crippen molar-refractivity contribution >= 4 is 0 Å². The normalized spacial score (nSPS) is 25.0. The monoisotopic (exact) mass is 260 g/mol. The highest BCUT2D eigenvalue weighted by atomic mass is 14.4. The van der Waals surface area contributed by atoms with E-state index in [0.717, 1.165) is 0 Å². The molecule has 2 aliphatic rings. The molecule has 1 aromatic carbocycles. The summed E-state index contributed by atoms with van der Waals surface area (Å²) in [7, 11) is 0. The number of rotatable bonds is 2. The Kier molecular flexibility index (Phi) is 3.93. The summed E-state index contributed by atoms with van der Waals surface area (Å²) in [6.45, 7) is 8.68. The quantitative estimate of drug-likeness (QED) is 0.719. The minimum absolute atomic E-state index is 1.30. The molecule has 3 rings (SSSR count). The third-order valence-electron chi connectivity index (χ3n) is 4.28. The van der Waals surface area contributed by atoms with Crippen LogP contribution in [0.1, 0.15) is 38.8 Å². The van der Waals surface area contributed by atoms with Crippen molar-refractivity contribution in [2.75, 3.05) is 0 Å². The van der Waals surface area contributed by atoms with Crippen molar-refractivity contribution < 1.29 is 0 Å². The van der Waals surface area contributed by atoms with Gasteiger partial charge >= 0.3 is 0 Å². The van der Waals surface area contributed by atoms with Gasteiger partial charge in [-0.2, -0.15) is 0 Å². The summed E-state index contributed by atoms with van der Waals surface area (Å²) < 4.78 is 0. The summed E-state index contributed by atoms with van der Waals surface area (Å²) in [5, 5.41) is 0. The minimum Gasteiger partial charge on any atom is -0.0582 e. The van der Waals surface area contributed by atoms with Gasteiger partial charge in [-0.15, -0.1) is 0 Å². The molecule has 0 atom stereocenters. The maximum atomic E-state index is 2.27. The van der Waals surface area contributed by atoms with Crippen LogP contribution in [0, 0.1) is 61.2 Å². The highest BCUT2D eigenvalue weighted by molar-refractivity contribution is 5.60. The first-order valence-corrected chi connectivity index (χ1v) is 7.13. The van der Waals surface area contributed by atoms with Crippen LogP contribution in [0.5, 0.6) is 0 Å². The first-order chi connectivity index (χ1) is 9.54. The van der Waals surface area contributed by atoms with Crippen molar-refractivity contribution in [3.63, 3.8) is 0 Å². The molecule has 0 N–H and O–H groups in total. The van der Waals surface area contributed by atoms with E-state index in [1.54, 1.807) is 0 Å². The van der Waals surface area contributed by atoms with Gasteiger partial charge in [0.25, 0.3) is 0 Å². The van der Waals surface area contributed by atoms with Crippen LogP contribution in [0.2, 0.25) is 0 Å². The molecule has 0 aliphatic heterocycles. The summed E-state index contributed by atoms with van der Waals surface area (Å²) >= 11 is 0. The maximum Gasteiger partial charge on any atom is 0.0130 e. The molecule has 0 unspecified atom stereocenters. The van der Waals surface area contributed by atoms with Gasteiger partial charge in [-0.1, -0.05) is 52.0 Å². The van der Waals surface area contributed by atoms with Crippen LogP contribution in [0.15, 0.2) is 24.3 Å². The summed E-state index contributed by atoms with van der Waals surface area (Å²) in [4.78, 5) is 0. The van der Waals surface area contributed by atoms with Gasteiger partial charge in [0.05, 0.1) is 0 Å². The fraction of sp³-hybridized carbons (Fsp3) is 0.200. The second-order valence-corrected chi connectivity index (χ2v) is 5.80. The highest BCUT2D eigenvalue weighted by Crippen LogP contribution is 2.44. The van der Waals surface area contributed by atoms with E-state index < -0.39 is 0 Å². The van der Waals surface area contributed by atoms with Gasteiger partial charge in [-0.25, -0.2) is 0 Å². The largest absolute Gasteiger partial charge is 0.0582 e. The number of benzene rings is 1. The molecule has 0 heterocycles. The Labute approximate surface area is 125 Å². The van der Waals surface area contributed by atoms with E-state index in [9.17, 15) is 0 Å². The van der Waals surface area contributed by atoms with Crippen molar-refractivity contribution in [3.8, 4) is 0 Å². The van der Waals surface area contributed by atoms with Crippen LogP contribution in [-0.2, 0) is 0 Å². The summed E-state index contributed by atoms with van der Waals surface area (Å²) in [5.74, 6) is 8.11. The predicted molar refractivity (Wildman–Crippen MR) is 84.0 cm³/mol. The molecule has 0 aromatic heterocycles. The molecule has 0 amide bonds. The molecule has 0 spiro atoms. The van der Waals surface area contributed by atoms with Gasteiger partial charge in [-0.3, -0.25) is 0 Å². The average molecular weight is 260 g/mol. The molecule has 0 bridgehead atoms. The second kappa shape index (κ2) is 5.54. The van der Waals surface area contributed by atoms with E-state index in [4.69, 9.17) is 0 Å². The molecule has 0 heteroatoms. The SMILES string of the molecule is C[C]1[CH][C](c2ccc([C]3[CH][C](C)[C](C)[CH]3)cc2)[CH][C]1C. The van der Waals surface area contributed by atoms with Crippen molar-refractivity contribution in [1.82, 2.24) is 0 Å². The lowest BCUT2D eigenvalue weighted by molar-refractivity contribution is 1.08. The lowest BCUT2D eigenvalue weighted by atomic mass is 9.91. The van der Waals surface area contributed by atoms with Gasteiger partial charge in [0.15, 0.2) is 0 Å². The first kappa shape index (κ1) is 14.2. The topological polar surface area (TPSA) is 0 Å². The first-order valence-electron chi connectivity index (χ1n) is 7.13. The Hall–Kier alpha value is -0.780. The van der Waals surface area contributed by atoms with Gasteiger partial charge in [0.2, 0.25) is 0 Å². The predicted octanol–water partition coefficient (Wildman–Crippen LogP) is 4.75. The van der Waals surface area contributed by atoms with Crippen LogP contribution in [0.25, 0.3) is 0 Å². The zero-order chi connectivity index (χ0) is 14.3. The van der Waals surface area contributed by atoms with Crippen LogP contribution in [-0.4, -0.2) is 0 Å². The summed E-state index contributed by atoms with van der Waals surface area (Å²) in [6, 6.07) is 8.89. The standard InChI is InChI=1S/C20H20/c1-13-9-19(10-14(13)2)17-5-7-18(8-6-17)20-11-15(3)16(4)12-20/h5-12H,1-4H3. The van der Waals surface area contributed by atoms with Gasteiger partial charge in [0, 0.05) is 11.8 Å². The molecular weight excluding hydrogens is 240 g/mol. The van der Waals surface area contributed by atoms with E-state index in [-0.39, 0.29) is 0 Å². The highest BCUT2D eigenvalue weighted by Gasteiger charge is 2.33. The molecule has 2 aliphatic carbocycles. The molecule has 0 nitrogen and oxygen atoms in total. The Morgan fingerprint density at radius 3 is 0.950 bits per heavy atom. The number of hydrogen-bond acceptors (Lipinski definition) is 0. The minimum atomic E-state index is 1.30. The molecule has 100 valence electrons. The zero-order valence-electron chi connectivity index (χ0n) is 12.6. The third kappa shape index (κ3) is 2.67. The molecule has 10 radical (unpaired) electrons. The second-order valence-electron chi connectivity index (χ2n) is 5.80. The summed E-state index contributed by atoms with van der Waals surface area (Å²) in [5.41, 5.74) is 2.59. The van der Waals surface area contributed by atoms with Crippen molar-refractivity contribution in [2.24, 2.45) is 0 Å². The van der Waals surface area contributed by atoms with Crippen LogP contribution < -0.4 is 0 Å². The zero-order valence-corrected chi connectivity index (χ0v) is 12.6. The third-order valence-corrected chi connectivity index (χ3v) is 4.28. The van der Waals surface area contributed by atoms with Crippen LogP contribution >= 0.6 is 0 Å². The fourth-order valence-electron chi connectivity index (χ4n) is 2.66. The molecular formula is C20H20. The summed E-state index contributed by atoms with van der Waals surface area (Å²) in [6.07, 6.45) is 9.06. The maximum absolute atomic E-state index is 2.27. The van der Waals surface area contributed by atoms with Gasteiger partial charge < -0.3 is 0 Å². The van der Waals surface area contributed by atoms with Crippen molar-refractivity contribution in [2.45, 2.75) is 27.7 Å². The van der Waals surface area contributed by atoms with E-state index in [1.807, 2.05) is 0 Å². The van der Waals surface area contributed by atoms with Gasteiger partial charge in [-0.05, 0) is 60.5 Å². The smallest absolute Gasteiger partial charge is 0.0130 e. The number of hydrogen-bond donors (Lipinski definition) is 0. The Morgan fingerprint density at radius 1 is 0.450 bits per heavy atom. The average Bonchev–Trinajstić information content (AvgIpc) is 2.94. The Balaban J connectivity index is 1.69. The lowest BCUT2D eigenvalue weighted by Gasteiger charge is -2.12. The molecule has 20 heavy (non-hydrogen) atoms. The molecule has 2 saturated carbocycles. The van der Waals surface area contributed by atoms with Gasteiger partial charge in [0.1, 0.15) is 0 Å². The fourth-order valence-corrected chi connectivity index (χ4v) is 2.66. The Morgan fingerprint density at radius 2 is 0.700 bits per heavy atom. The van der Waals surface area contributed by atoms with E-state index in [0.29, 0.717) is 0 Å². The van der Waals surface area contributed by atoms with E-state index in [2.05, 4.69) is 77.6 Å². The Bertz CT molecular complexity index is 381. The lowest BCUT2D eigenvalue weighted by Crippen LogP contribution is -1.99. The van der Waals surface area contributed by atoms with Crippen molar-refractivity contribution in [3.05, 3.63) is 96.6 Å². The van der Waals surface area contributed by atoms with Crippen LogP contribution in [0.4, 0.5) is 0 Å². The van der Waals surface area contributed by atoms with Crippen LogP contribution in [0.3, 0.4) is 0 Å².